The molecule has 0 amide bonds. The Bertz CT molecular complexity index is 609. The second-order valence-electron chi connectivity index (χ2n) is 6.57. The van der Waals surface area contributed by atoms with Crippen LogP contribution in [0.5, 0.6) is 0 Å². The molecular weight excluding hydrogens is 284 g/mol. The lowest BCUT2D eigenvalue weighted by Gasteiger charge is -2.21. The molecule has 4 nitrogen and oxygen atoms in total. The molecule has 1 heterocycles. The monoisotopic (exact) mass is 310 g/mol. The van der Waals surface area contributed by atoms with E-state index < -0.39 is 10.0 Å². The van der Waals surface area contributed by atoms with Crippen LogP contribution in [-0.4, -0.2) is 32.4 Å². The quantitative estimate of drug-likeness (QED) is 0.909. The van der Waals surface area contributed by atoms with Crippen molar-refractivity contribution in [3.8, 4) is 0 Å². The van der Waals surface area contributed by atoms with Crippen LogP contribution < -0.4 is 5.32 Å². The van der Waals surface area contributed by atoms with Gasteiger partial charge in [-0.1, -0.05) is 32.9 Å². The number of nitrogens with one attached hydrogen (secondary N) is 1. The Morgan fingerprint density at radius 3 is 2.62 bits per heavy atom. The van der Waals surface area contributed by atoms with Crippen LogP contribution >= 0.6 is 0 Å². The van der Waals surface area contributed by atoms with Gasteiger partial charge >= 0.3 is 0 Å². The minimum Gasteiger partial charge on any atom is -0.313 e. The van der Waals surface area contributed by atoms with Crippen molar-refractivity contribution >= 4 is 10.0 Å². The van der Waals surface area contributed by atoms with Crippen LogP contribution in [-0.2, 0) is 16.6 Å². The molecule has 1 aromatic rings. The van der Waals surface area contributed by atoms with Crippen LogP contribution in [0, 0.1) is 12.3 Å². The van der Waals surface area contributed by atoms with Gasteiger partial charge in [0.1, 0.15) is 0 Å². The first-order valence-electron chi connectivity index (χ1n) is 7.57. The lowest BCUT2D eigenvalue weighted by molar-refractivity contribution is 0.375. The van der Waals surface area contributed by atoms with Crippen LogP contribution in [0.15, 0.2) is 23.1 Å². The third-order valence-corrected chi connectivity index (χ3v) is 6.21. The molecule has 21 heavy (non-hydrogen) atoms. The summed E-state index contributed by atoms with van der Waals surface area (Å²) >= 11 is 0. The number of benzene rings is 1. The highest BCUT2D eigenvalue weighted by Crippen LogP contribution is 2.33. The zero-order valence-electron chi connectivity index (χ0n) is 13.4. The summed E-state index contributed by atoms with van der Waals surface area (Å²) in [4.78, 5) is 0.454. The highest BCUT2D eigenvalue weighted by molar-refractivity contribution is 7.89. The summed E-state index contributed by atoms with van der Waals surface area (Å²) in [7, 11) is -3.38. The fraction of sp³-hybridized carbons (Fsp3) is 0.625. The van der Waals surface area contributed by atoms with E-state index >= 15 is 0 Å². The first kappa shape index (κ1) is 16.5. The first-order valence-corrected chi connectivity index (χ1v) is 9.01. The average Bonchev–Trinajstić information content (AvgIpc) is 2.78. The maximum atomic E-state index is 12.9. The van der Waals surface area contributed by atoms with Crippen molar-refractivity contribution in [2.24, 2.45) is 5.41 Å². The second kappa shape index (κ2) is 6.07. The van der Waals surface area contributed by atoms with Crippen molar-refractivity contribution in [2.45, 2.75) is 45.6 Å². The molecule has 0 aromatic heterocycles. The van der Waals surface area contributed by atoms with Gasteiger partial charge in [-0.3, -0.25) is 0 Å². The largest absolute Gasteiger partial charge is 0.313 e. The summed E-state index contributed by atoms with van der Waals surface area (Å²) in [5.41, 5.74) is 1.99. The van der Waals surface area contributed by atoms with Crippen molar-refractivity contribution in [1.29, 1.82) is 0 Å². The highest BCUT2D eigenvalue weighted by Gasteiger charge is 2.37. The Morgan fingerprint density at radius 1 is 1.33 bits per heavy atom. The van der Waals surface area contributed by atoms with Crippen molar-refractivity contribution in [2.75, 3.05) is 19.6 Å². The van der Waals surface area contributed by atoms with Gasteiger partial charge in [0.2, 0.25) is 10.0 Å². The Balaban J connectivity index is 2.33. The van der Waals surface area contributed by atoms with Crippen molar-refractivity contribution in [1.82, 2.24) is 9.62 Å². The van der Waals surface area contributed by atoms with Gasteiger partial charge in [0.25, 0.3) is 0 Å². The van der Waals surface area contributed by atoms with Crippen molar-refractivity contribution in [3.63, 3.8) is 0 Å². The summed E-state index contributed by atoms with van der Waals surface area (Å²) in [6, 6.07) is 5.56. The summed E-state index contributed by atoms with van der Waals surface area (Å²) < 4.78 is 27.4. The SMILES string of the molecule is CCNCc1cccc(S(=O)(=O)N2CCC(C)(C)C2)c1C. The summed E-state index contributed by atoms with van der Waals surface area (Å²) in [5, 5.41) is 3.26. The molecule has 0 atom stereocenters. The molecule has 1 aromatic carbocycles. The van der Waals surface area contributed by atoms with E-state index in [1.54, 1.807) is 10.4 Å². The zero-order chi connectivity index (χ0) is 15.7. The van der Waals surface area contributed by atoms with E-state index in [1.807, 2.05) is 26.0 Å². The maximum Gasteiger partial charge on any atom is 0.243 e. The number of rotatable bonds is 5. The first-order chi connectivity index (χ1) is 9.78. The van der Waals surface area contributed by atoms with E-state index in [9.17, 15) is 8.42 Å². The maximum absolute atomic E-state index is 12.9. The zero-order valence-corrected chi connectivity index (χ0v) is 14.3. The molecule has 0 spiro atoms. The fourth-order valence-corrected chi connectivity index (χ4v) is 4.70. The Hall–Kier alpha value is -0.910. The van der Waals surface area contributed by atoms with Crippen molar-refractivity contribution < 1.29 is 8.42 Å². The van der Waals surface area contributed by atoms with Gasteiger partial charge in [-0.2, -0.15) is 4.31 Å². The molecule has 2 rings (SSSR count). The molecule has 0 aliphatic carbocycles. The fourth-order valence-electron chi connectivity index (χ4n) is 2.80. The lowest BCUT2D eigenvalue weighted by Crippen LogP contribution is -2.31. The van der Waals surface area contributed by atoms with Crippen molar-refractivity contribution in [3.05, 3.63) is 29.3 Å². The lowest BCUT2D eigenvalue weighted by atomic mass is 9.93. The van der Waals surface area contributed by atoms with Crippen LogP contribution in [0.3, 0.4) is 0 Å². The highest BCUT2D eigenvalue weighted by atomic mass is 32.2. The number of hydrogen-bond acceptors (Lipinski definition) is 3. The molecule has 1 aliphatic rings. The Kier molecular flexibility index (Phi) is 4.76. The van der Waals surface area contributed by atoms with E-state index in [2.05, 4.69) is 19.2 Å². The molecule has 0 unspecified atom stereocenters. The molecule has 0 bridgehead atoms. The molecule has 1 aliphatic heterocycles. The van der Waals surface area contributed by atoms with Gasteiger partial charge in [0.05, 0.1) is 4.90 Å². The summed E-state index contributed by atoms with van der Waals surface area (Å²) in [6.07, 6.45) is 0.919. The number of hydrogen-bond donors (Lipinski definition) is 1. The van der Waals surface area contributed by atoms with Crippen LogP contribution in [0.4, 0.5) is 0 Å². The van der Waals surface area contributed by atoms with E-state index in [1.165, 1.54) is 0 Å². The van der Waals surface area contributed by atoms with Gasteiger partial charge in [0.15, 0.2) is 0 Å². The second-order valence-corrected chi connectivity index (χ2v) is 8.48. The molecule has 1 saturated heterocycles. The molecule has 1 fully saturated rings. The van der Waals surface area contributed by atoms with Gasteiger partial charge in [-0.15, -0.1) is 0 Å². The normalized spacial score (nSPS) is 19.0. The molecular formula is C16H26N2O2S. The predicted molar refractivity (Wildman–Crippen MR) is 85.7 cm³/mol. The minimum atomic E-state index is -3.38. The number of nitrogens with zero attached hydrogens (tertiary/aromatic N) is 1. The molecule has 0 radical (unpaired) electrons. The smallest absolute Gasteiger partial charge is 0.243 e. The standard InChI is InChI=1S/C16H26N2O2S/c1-5-17-11-14-7-6-8-15(13(14)2)21(19,20)18-10-9-16(3,4)12-18/h6-8,17H,5,9-12H2,1-4H3. The Morgan fingerprint density at radius 2 is 2.05 bits per heavy atom. The third kappa shape index (κ3) is 3.47. The molecule has 1 N–H and O–H groups in total. The van der Waals surface area contributed by atoms with Crippen LogP contribution in [0.25, 0.3) is 0 Å². The van der Waals surface area contributed by atoms with Gasteiger partial charge in [-0.05, 0) is 42.5 Å². The van der Waals surface area contributed by atoms with E-state index in [0.29, 0.717) is 24.5 Å². The van der Waals surface area contributed by atoms with Gasteiger partial charge < -0.3 is 5.32 Å². The van der Waals surface area contributed by atoms with E-state index in [4.69, 9.17) is 0 Å². The van der Waals surface area contributed by atoms with Crippen LogP contribution in [0.1, 0.15) is 38.3 Å². The van der Waals surface area contributed by atoms with E-state index in [-0.39, 0.29) is 5.41 Å². The third-order valence-electron chi connectivity index (χ3n) is 4.22. The van der Waals surface area contributed by atoms with Gasteiger partial charge in [-0.25, -0.2) is 8.42 Å². The number of sulfonamides is 1. The molecule has 118 valence electrons. The average molecular weight is 310 g/mol. The predicted octanol–water partition coefficient (Wildman–Crippen LogP) is 2.53. The summed E-state index contributed by atoms with van der Waals surface area (Å²) in [6.45, 7) is 11.0. The van der Waals surface area contributed by atoms with E-state index in [0.717, 1.165) is 24.1 Å². The molecule has 0 saturated carbocycles. The van der Waals surface area contributed by atoms with Gasteiger partial charge in [0, 0.05) is 19.6 Å². The summed E-state index contributed by atoms with van der Waals surface area (Å²) in [5.74, 6) is 0. The van der Waals surface area contributed by atoms with Crippen LogP contribution in [0.2, 0.25) is 0 Å². The molecule has 5 heteroatoms. The Labute approximate surface area is 128 Å². The topological polar surface area (TPSA) is 49.4 Å². The minimum absolute atomic E-state index is 0.0718.